The minimum Gasteiger partial charge on any atom is -0.336 e. The number of hydrogen-bond donors (Lipinski definition) is 0. The van der Waals surface area contributed by atoms with E-state index < -0.39 is 0 Å². The van der Waals surface area contributed by atoms with E-state index >= 15 is 0 Å². The highest BCUT2D eigenvalue weighted by atomic mass is 16.2. The van der Waals surface area contributed by atoms with Gasteiger partial charge >= 0.3 is 0 Å². The number of fused-ring (bicyclic) bond motifs is 2. The molecule has 0 saturated carbocycles. The van der Waals surface area contributed by atoms with Crippen LogP contribution in [0, 0.1) is 5.92 Å². The number of amides is 1. The number of hydrogen-bond acceptors (Lipinski definition) is 2. The molecule has 1 amide bonds. The quantitative estimate of drug-likeness (QED) is 0.778. The van der Waals surface area contributed by atoms with Gasteiger partial charge in [0.25, 0.3) is 0 Å². The van der Waals surface area contributed by atoms with Crippen molar-refractivity contribution in [3.63, 3.8) is 0 Å². The highest BCUT2D eigenvalue weighted by molar-refractivity contribution is 5.80. The van der Waals surface area contributed by atoms with E-state index in [1.807, 2.05) is 12.1 Å². The Bertz CT molecular complexity index is 417. The Hall–Kier alpha value is -1.38. The Kier molecular flexibility index (Phi) is 2.61. The molecule has 0 aliphatic carbocycles. The van der Waals surface area contributed by atoms with Gasteiger partial charge in [-0.3, -0.25) is 9.78 Å². The lowest BCUT2D eigenvalue weighted by molar-refractivity contribution is -0.131. The van der Waals surface area contributed by atoms with Gasteiger partial charge in [-0.25, -0.2) is 0 Å². The van der Waals surface area contributed by atoms with Gasteiger partial charge in [-0.15, -0.1) is 0 Å². The third-order valence-corrected chi connectivity index (χ3v) is 4.21. The summed E-state index contributed by atoms with van der Waals surface area (Å²) < 4.78 is 0. The number of carbonyl (C=O) groups excluding carboxylic acids is 1. The zero-order chi connectivity index (χ0) is 11.8. The Labute approximate surface area is 102 Å². The summed E-state index contributed by atoms with van der Waals surface area (Å²) in [5.41, 5.74) is 1.02. The van der Waals surface area contributed by atoms with Crippen molar-refractivity contribution < 1.29 is 4.79 Å². The van der Waals surface area contributed by atoms with Crippen LogP contribution in [0.3, 0.4) is 0 Å². The second kappa shape index (κ2) is 4.13. The lowest BCUT2D eigenvalue weighted by Gasteiger charge is -2.23. The van der Waals surface area contributed by atoms with E-state index in [0.29, 0.717) is 24.4 Å². The topological polar surface area (TPSA) is 33.2 Å². The molecule has 3 heterocycles. The average molecular weight is 230 g/mol. The fraction of sp³-hybridized carbons (Fsp3) is 0.571. The number of rotatable bonds is 2. The predicted molar refractivity (Wildman–Crippen MR) is 65.4 cm³/mol. The summed E-state index contributed by atoms with van der Waals surface area (Å²) in [6.07, 6.45) is 7.64. The zero-order valence-corrected chi connectivity index (χ0v) is 10.2. The summed E-state index contributed by atoms with van der Waals surface area (Å²) in [5, 5.41) is 0. The molecule has 90 valence electrons. The first-order valence-corrected chi connectivity index (χ1v) is 6.46. The van der Waals surface area contributed by atoms with Gasteiger partial charge in [0.15, 0.2) is 0 Å². The summed E-state index contributed by atoms with van der Waals surface area (Å²) in [7, 11) is 0. The van der Waals surface area contributed by atoms with Gasteiger partial charge in [0.2, 0.25) is 5.91 Å². The Balaban J connectivity index is 1.72. The lowest BCUT2D eigenvalue weighted by Crippen LogP contribution is -2.37. The van der Waals surface area contributed by atoms with Crippen LogP contribution in [0.25, 0.3) is 0 Å². The zero-order valence-electron chi connectivity index (χ0n) is 10.2. The summed E-state index contributed by atoms with van der Waals surface area (Å²) in [4.78, 5) is 18.5. The van der Waals surface area contributed by atoms with Crippen molar-refractivity contribution in [3.05, 3.63) is 30.1 Å². The minimum absolute atomic E-state index is 0.287. The first-order chi connectivity index (χ1) is 8.25. The molecule has 3 unspecified atom stereocenters. The number of aromatic nitrogens is 1. The van der Waals surface area contributed by atoms with E-state index in [9.17, 15) is 4.79 Å². The van der Waals surface area contributed by atoms with Crippen LogP contribution in [0.4, 0.5) is 0 Å². The predicted octanol–water partition coefficient (Wildman–Crippen LogP) is 2.02. The van der Waals surface area contributed by atoms with Gasteiger partial charge in [0.1, 0.15) is 0 Å². The van der Waals surface area contributed by atoms with E-state index in [2.05, 4.69) is 16.8 Å². The standard InChI is InChI=1S/C14H18N2O/c1-10-7-12-4-5-13(10)16(12)14(17)8-11-3-2-6-15-9-11/h2-3,6,9-10,12-13H,4-5,7-8H2,1H3. The van der Waals surface area contributed by atoms with Gasteiger partial charge in [0.05, 0.1) is 6.42 Å². The highest BCUT2D eigenvalue weighted by Gasteiger charge is 2.46. The van der Waals surface area contributed by atoms with Crippen LogP contribution in [-0.2, 0) is 11.2 Å². The first-order valence-electron chi connectivity index (χ1n) is 6.46. The first kappa shape index (κ1) is 10.8. The molecule has 1 aromatic rings. The van der Waals surface area contributed by atoms with E-state index in [1.54, 1.807) is 12.4 Å². The van der Waals surface area contributed by atoms with Crippen molar-refractivity contribution in [2.75, 3.05) is 0 Å². The third kappa shape index (κ3) is 1.84. The second-order valence-electron chi connectivity index (χ2n) is 5.35. The molecule has 2 fully saturated rings. The van der Waals surface area contributed by atoms with Gasteiger partial charge in [-0.05, 0) is 36.8 Å². The second-order valence-corrected chi connectivity index (χ2v) is 5.35. The molecule has 2 saturated heterocycles. The normalized spacial score (nSPS) is 30.9. The molecule has 2 bridgehead atoms. The SMILES string of the molecule is CC1CC2CCC1N2C(=O)Cc1cccnc1. The summed E-state index contributed by atoms with van der Waals surface area (Å²) in [5.74, 6) is 0.974. The monoisotopic (exact) mass is 230 g/mol. The average Bonchev–Trinajstić information content (AvgIpc) is 2.86. The van der Waals surface area contributed by atoms with Crippen molar-refractivity contribution in [3.8, 4) is 0 Å². The van der Waals surface area contributed by atoms with Crippen molar-refractivity contribution in [2.45, 2.75) is 44.7 Å². The van der Waals surface area contributed by atoms with Gasteiger partial charge in [-0.2, -0.15) is 0 Å². The molecule has 3 heteroatoms. The van der Waals surface area contributed by atoms with Crippen LogP contribution in [0.1, 0.15) is 31.7 Å². The van der Waals surface area contributed by atoms with Gasteiger partial charge in [-0.1, -0.05) is 13.0 Å². The van der Waals surface area contributed by atoms with E-state index in [1.165, 1.54) is 19.3 Å². The summed E-state index contributed by atoms with van der Waals surface area (Å²) in [6.45, 7) is 2.27. The molecular formula is C14H18N2O. The fourth-order valence-electron chi connectivity index (χ4n) is 3.45. The molecule has 0 aromatic carbocycles. The molecule has 3 nitrogen and oxygen atoms in total. The molecule has 0 spiro atoms. The highest BCUT2D eigenvalue weighted by Crippen LogP contribution is 2.41. The van der Waals surface area contributed by atoms with Crippen molar-refractivity contribution in [2.24, 2.45) is 5.92 Å². The Morgan fingerprint density at radius 3 is 3.00 bits per heavy atom. The van der Waals surface area contributed by atoms with Crippen LogP contribution < -0.4 is 0 Å². The maximum absolute atomic E-state index is 12.3. The maximum atomic E-state index is 12.3. The van der Waals surface area contributed by atoms with Crippen LogP contribution in [0.2, 0.25) is 0 Å². The van der Waals surface area contributed by atoms with Gasteiger partial charge in [0, 0.05) is 24.5 Å². The molecule has 2 aliphatic heterocycles. The molecule has 2 aliphatic rings. The number of carbonyl (C=O) groups is 1. The number of pyridine rings is 1. The van der Waals surface area contributed by atoms with Gasteiger partial charge < -0.3 is 4.90 Å². The van der Waals surface area contributed by atoms with Crippen LogP contribution in [0.15, 0.2) is 24.5 Å². The summed E-state index contributed by atoms with van der Waals surface area (Å²) >= 11 is 0. The molecule has 0 N–H and O–H groups in total. The minimum atomic E-state index is 0.287. The molecule has 1 aromatic heterocycles. The van der Waals surface area contributed by atoms with Crippen LogP contribution in [0.5, 0.6) is 0 Å². The molecule has 3 atom stereocenters. The van der Waals surface area contributed by atoms with Crippen molar-refractivity contribution >= 4 is 5.91 Å². The maximum Gasteiger partial charge on any atom is 0.227 e. The lowest BCUT2D eigenvalue weighted by atomic mass is 9.91. The van der Waals surface area contributed by atoms with Crippen molar-refractivity contribution in [1.82, 2.24) is 9.88 Å². The van der Waals surface area contributed by atoms with Crippen LogP contribution >= 0.6 is 0 Å². The van der Waals surface area contributed by atoms with E-state index in [-0.39, 0.29) is 5.91 Å². The Morgan fingerprint density at radius 1 is 1.53 bits per heavy atom. The molecular weight excluding hydrogens is 212 g/mol. The van der Waals surface area contributed by atoms with E-state index in [0.717, 1.165) is 5.56 Å². The molecule has 3 rings (SSSR count). The van der Waals surface area contributed by atoms with Crippen LogP contribution in [-0.4, -0.2) is 27.9 Å². The largest absolute Gasteiger partial charge is 0.336 e. The van der Waals surface area contributed by atoms with E-state index in [4.69, 9.17) is 0 Å². The smallest absolute Gasteiger partial charge is 0.227 e. The summed E-state index contributed by atoms with van der Waals surface area (Å²) in [6, 6.07) is 4.89. The Morgan fingerprint density at radius 2 is 2.41 bits per heavy atom. The van der Waals surface area contributed by atoms with Crippen molar-refractivity contribution in [1.29, 1.82) is 0 Å². The molecule has 0 radical (unpaired) electrons. The third-order valence-electron chi connectivity index (χ3n) is 4.21. The fourth-order valence-corrected chi connectivity index (χ4v) is 3.45. The molecule has 17 heavy (non-hydrogen) atoms. The number of nitrogens with zero attached hydrogens (tertiary/aromatic N) is 2.